The van der Waals surface area contributed by atoms with Crippen LogP contribution < -0.4 is 4.90 Å². The van der Waals surface area contributed by atoms with Crippen LogP contribution in [-0.4, -0.2) is 0 Å². The summed E-state index contributed by atoms with van der Waals surface area (Å²) in [5.74, 6) is 0. The molecule has 0 N–H and O–H groups in total. The fraction of sp³-hybridized carbons (Fsp3) is 0.0164. The molecule has 0 aliphatic heterocycles. The Morgan fingerprint density at radius 3 is 1.86 bits per heavy atom. The summed E-state index contributed by atoms with van der Waals surface area (Å²) in [7, 11) is 0. The van der Waals surface area contributed by atoms with Crippen molar-refractivity contribution in [1.82, 2.24) is 0 Å². The maximum atomic E-state index is 6.56. The van der Waals surface area contributed by atoms with E-state index in [-0.39, 0.29) is 0 Å². The summed E-state index contributed by atoms with van der Waals surface area (Å²) in [6, 6.07) is 83.2. The van der Waals surface area contributed by atoms with Gasteiger partial charge < -0.3 is 9.32 Å². The summed E-state index contributed by atoms with van der Waals surface area (Å²) in [6.07, 6.45) is 0. The highest BCUT2D eigenvalue weighted by molar-refractivity contribution is 6.15. The molecule has 2 heteroatoms. The van der Waals surface area contributed by atoms with Crippen molar-refractivity contribution < 1.29 is 4.42 Å². The highest BCUT2D eigenvalue weighted by Crippen LogP contribution is 2.62. The van der Waals surface area contributed by atoms with E-state index in [1.54, 1.807) is 0 Å². The second kappa shape index (κ2) is 12.9. The normalized spacial score (nSPS) is 14.7. The average molecular weight is 800 g/mol. The van der Waals surface area contributed by atoms with Gasteiger partial charge in [0.25, 0.3) is 0 Å². The van der Waals surface area contributed by atoms with Crippen LogP contribution in [0.25, 0.3) is 87.6 Å². The van der Waals surface area contributed by atoms with Crippen LogP contribution in [0.1, 0.15) is 22.3 Å². The van der Waals surface area contributed by atoms with Crippen LogP contribution in [0.3, 0.4) is 0 Å². The molecule has 0 amide bonds. The molecule has 0 saturated heterocycles. The van der Waals surface area contributed by atoms with Gasteiger partial charge in [-0.25, -0.2) is 0 Å². The molecule has 11 aromatic carbocycles. The predicted molar refractivity (Wildman–Crippen MR) is 263 cm³/mol. The number of benzene rings is 11. The summed E-state index contributed by atoms with van der Waals surface area (Å²) >= 11 is 0. The van der Waals surface area contributed by atoms with E-state index < -0.39 is 5.41 Å². The molecule has 14 rings (SSSR count). The molecular weight excluding hydrogens is 763 g/mol. The molecule has 0 radical (unpaired) electrons. The summed E-state index contributed by atoms with van der Waals surface area (Å²) < 4.78 is 6.56. The number of anilines is 3. The highest BCUT2D eigenvalue weighted by atomic mass is 16.3. The molecule has 1 atom stereocenters. The first-order valence-corrected chi connectivity index (χ1v) is 21.8. The van der Waals surface area contributed by atoms with Gasteiger partial charge >= 0.3 is 0 Å². The van der Waals surface area contributed by atoms with Gasteiger partial charge in [-0.2, -0.15) is 0 Å². The lowest BCUT2D eigenvalue weighted by atomic mass is 9.55. The van der Waals surface area contributed by atoms with Crippen molar-refractivity contribution in [1.29, 1.82) is 0 Å². The Bertz CT molecular complexity index is 3870. The largest absolute Gasteiger partial charge is 0.456 e. The van der Waals surface area contributed by atoms with E-state index in [0.29, 0.717) is 0 Å². The van der Waals surface area contributed by atoms with E-state index in [0.717, 1.165) is 39.0 Å². The van der Waals surface area contributed by atoms with Crippen LogP contribution in [0.5, 0.6) is 0 Å². The molecule has 2 nitrogen and oxygen atoms in total. The monoisotopic (exact) mass is 799 g/mol. The Labute approximate surface area is 364 Å². The van der Waals surface area contributed by atoms with Gasteiger partial charge in [-0.05, 0) is 125 Å². The fourth-order valence-electron chi connectivity index (χ4n) is 11.4. The van der Waals surface area contributed by atoms with Crippen molar-refractivity contribution in [2.24, 2.45) is 0 Å². The lowest BCUT2D eigenvalue weighted by molar-refractivity contribution is 0.669. The zero-order valence-electron chi connectivity index (χ0n) is 34.2. The van der Waals surface area contributed by atoms with Crippen molar-refractivity contribution in [3.63, 3.8) is 0 Å². The number of nitrogens with zero attached hydrogens (tertiary/aromatic N) is 1. The van der Waals surface area contributed by atoms with E-state index in [4.69, 9.17) is 4.42 Å². The second-order valence-corrected chi connectivity index (χ2v) is 17.1. The zero-order valence-corrected chi connectivity index (χ0v) is 34.2. The Morgan fingerprint density at radius 1 is 0.317 bits per heavy atom. The van der Waals surface area contributed by atoms with Crippen LogP contribution in [0.15, 0.2) is 229 Å². The molecular formula is C61H37NO. The Hall–Kier alpha value is -8.20. The molecule has 0 fully saturated rings. The third kappa shape index (κ3) is 4.72. The van der Waals surface area contributed by atoms with Gasteiger partial charge in [0.15, 0.2) is 0 Å². The Balaban J connectivity index is 1.11. The van der Waals surface area contributed by atoms with Gasteiger partial charge in [0.05, 0.1) is 11.1 Å². The SMILES string of the molecule is c1ccc(-c2ccc3c(c2)C2(c4ccccc4-c4cccc5cccc2c45)c2cccc4c(N(c5ccc6ccccc6c5)c5ccc6c(c5)oc5ccccc56)ccc-3c24)cc1. The van der Waals surface area contributed by atoms with E-state index in [1.807, 2.05) is 6.07 Å². The number of rotatable bonds is 4. The molecule has 1 heterocycles. The van der Waals surface area contributed by atoms with Crippen molar-refractivity contribution in [3.8, 4) is 33.4 Å². The third-order valence-corrected chi connectivity index (χ3v) is 14.0. The van der Waals surface area contributed by atoms with Gasteiger partial charge in [0.2, 0.25) is 0 Å². The molecule has 12 aromatic rings. The second-order valence-electron chi connectivity index (χ2n) is 17.1. The standard InChI is InChI=1S/C61H37NO/c1-2-13-38(14-3-1)42-28-31-46-50-33-34-56(62(43-29-27-39-15-4-5-16-41(39)35-43)44-30-32-48-47-20-7-9-26-57(47)63-58(48)37-44)51-22-12-25-54(60(50)51)61(55(46)36-42)52-23-8-6-19-45(52)49-21-10-17-40-18-11-24-53(61)59(40)49/h1-37H. The zero-order chi connectivity index (χ0) is 41.2. The fourth-order valence-corrected chi connectivity index (χ4v) is 11.4. The lowest BCUT2D eigenvalue weighted by Gasteiger charge is -2.46. The number of hydrogen-bond donors (Lipinski definition) is 0. The minimum Gasteiger partial charge on any atom is -0.456 e. The summed E-state index contributed by atoms with van der Waals surface area (Å²) in [5.41, 5.74) is 17.2. The summed E-state index contributed by atoms with van der Waals surface area (Å²) in [4.78, 5) is 2.44. The van der Waals surface area contributed by atoms with Crippen molar-refractivity contribution in [3.05, 3.63) is 247 Å². The molecule has 2 aliphatic rings. The van der Waals surface area contributed by atoms with E-state index in [9.17, 15) is 0 Å². The molecule has 2 aliphatic carbocycles. The number of para-hydroxylation sites is 1. The van der Waals surface area contributed by atoms with Gasteiger partial charge in [-0.1, -0.05) is 176 Å². The topological polar surface area (TPSA) is 16.4 Å². The third-order valence-electron chi connectivity index (χ3n) is 14.0. The number of furan rings is 1. The molecule has 0 bridgehead atoms. The van der Waals surface area contributed by atoms with Crippen LogP contribution in [0.2, 0.25) is 0 Å². The molecule has 63 heavy (non-hydrogen) atoms. The van der Waals surface area contributed by atoms with Crippen LogP contribution >= 0.6 is 0 Å². The molecule has 1 spiro atoms. The van der Waals surface area contributed by atoms with Gasteiger partial charge in [-0.3, -0.25) is 0 Å². The van der Waals surface area contributed by atoms with Gasteiger partial charge in [-0.15, -0.1) is 0 Å². The first-order valence-electron chi connectivity index (χ1n) is 21.8. The summed E-state index contributed by atoms with van der Waals surface area (Å²) in [5, 5.41) is 9.70. The maximum absolute atomic E-state index is 6.56. The van der Waals surface area contributed by atoms with Gasteiger partial charge in [0.1, 0.15) is 11.2 Å². The quantitative estimate of drug-likeness (QED) is 0.176. The van der Waals surface area contributed by atoms with E-state index in [1.165, 1.54) is 88.0 Å². The van der Waals surface area contributed by atoms with Gasteiger partial charge in [0, 0.05) is 33.6 Å². The number of hydrogen-bond acceptors (Lipinski definition) is 2. The predicted octanol–water partition coefficient (Wildman–Crippen LogP) is 16.5. The maximum Gasteiger partial charge on any atom is 0.137 e. The molecule has 1 aromatic heterocycles. The average Bonchev–Trinajstić information content (AvgIpc) is 3.72. The van der Waals surface area contributed by atoms with Crippen LogP contribution in [0, 0.1) is 0 Å². The Morgan fingerprint density at radius 2 is 0.937 bits per heavy atom. The molecule has 0 saturated carbocycles. The van der Waals surface area contributed by atoms with Crippen LogP contribution in [0.4, 0.5) is 17.1 Å². The summed E-state index contributed by atoms with van der Waals surface area (Å²) in [6.45, 7) is 0. The first-order chi connectivity index (χ1) is 31.2. The van der Waals surface area contributed by atoms with Crippen LogP contribution in [-0.2, 0) is 5.41 Å². The lowest BCUT2D eigenvalue weighted by Crippen LogP contribution is -2.36. The van der Waals surface area contributed by atoms with E-state index >= 15 is 0 Å². The molecule has 1 unspecified atom stereocenters. The Kier molecular flexibility index (Phi) is 7.07. The minimum absolute atomic E-state index is 0.614. The molecule has 292 valence electrons. The van der Waals surface area contributed by atoms with E-state index in [2.05, 4.69) is 223 Å². The minimum atomic E-state index is -0.614. The number of fused-ring (bicyclic) bond motifs is 12. The first kappa shape index (κ1) is 34.5. The smallest absolute Gasteiger partial charge is 0.137 e. The highest BCUT2D eigenvalue weighted by Gasteiger charge is 2.49. The van der Waals surface area contributed by atoms with Crippen molar-refractivity contribution in [2.75, 3.05) is 4.90 Å². The van der Waals surface area contributed by atoms with Crippen molar-refractivity contribution >= 4 is 71.3 Å². The van der Waals surface area contributed by atoms with Crippen molar-refractivity contribution in [2.45, 2.75) is 5.41 Å².